The molecule has 0 aromatic carbocycles. The van der Waals surface area contributed by atoms with Crippen LogP contribution in [0.25, 0.3) is 5.78 Å². The van der Waals surface area contributed by atoms with Crippen molar-refractivity contribution in [1.82, 2.24) is 24.9 Å². The van der Waals surface area contributed by atoms with Crippen LogP contribution < -0.4 is 5.32 Å². The zero-order valence-corrected chi connectivity index (χ0v) is 12.1. The van der Waals surface area contributed by atoms with Crippen molar-refractivity contribution in [2.45, 2.75) is 33.2 Å². The second-order valence-electron chi connectivity index (χ2n) is 4.91. The highest BCUT2D eigenvalue weighted by Crippen LogP contribution is 2.09. The molecule has 8 nitrogen and oxygen atoms in total. The van der Waals surface area contributed by atoms with Crippen LogP contribution in [-0.4, -0.2) is 42.6 Å². The lowest BCUT2D eigenvalue weighted by atomic mass is 9.99. The zero-order valence-electron chi connectivity index (χ0n) is 12.1. The molecule has 112 valence electrons. The monoisotopic (exact) mass is 291 g/mol. The number of aliphatic carboxylic acids is 1. The maximum atomic E-state index is 12.1. The number of carboxylic acid groups (broad SMARTS) is 1. The number of nitrogens with zero attached hydrogens (tertiary/aromatic N) is 4. The van der Waals surface area contributed by atoms with Crippen molar-refractivity contribution in [2.75, 3.05) is 0 Å². The third-order valence-electron chi connectivity index (χ3n) is 3.40. The molecule has 2 aromatic rings. The van der Waals surface area contributed by atoms with Gasteiger partial charge < -0.3 is 10.4 Å². The van der Waals surface area contributed by atoms with Gasteiger partial charge in [0.2, 0.25) is 5.82 Å². The highest BCUT2D eigenvalue weighted by atomic mass is 16.4. The van der Waals surface area contributed by atoms with Gasteiger partial charge in [0, 0.05) is 11.9 Å². The summed E-state index contributed by atoms with van der Waals surface area (Å²) in [6.07, 6.45) is 2.21. The van der Waals surface area contributed by atoms with Gasteiger partial charge in [0.1, 0.15) is 6.04 Å². The molecule has 0 unspecified atom stereocenters. The summed E-state index contributed by atoms with van der Waals surface area (Å²) >= 11 is 0. The maximum absolute atomic E-state index is 12.1. The Morgan fingerprint density at radius 2 is 2.19 bits per heavy atom. The standard InChI is InChI=1S/C13H17N5O3/c1-4-7(2)9(12(20)21)15-11(19)10-16-13-14-6-5-8(3)18(13)17-10/h5-7,9H,4H2,1-3H3,(H,15,19)(H,20,21)/t7-,9-/m0/s1. The first-order valence-electron chi connectivity index (χ1n) is 6.66. The summed E-state index contributed by atoms with van der Waals surface area (Å²) in [6.45, 7) is 5.44. The van der Waals surface area contributed by atoms with Crippen molar-refractivity contribution in [3.05, 3.63) is 23.8 Å². The zero-order chi connectivity index (χ0) is 15.6. The van der Waals surface area contributed by atoms with Crippen LogP contribution in [0, 0.1) is 12.8 Å². The smallest absolute Gasteiger partial charge is 0.326 e. The number of aryl methyl sites for hydroxylation is 1. The molecule has 0 aliphatic heterocycles. The lowest BCUT2D eigenvalue weighted by molar-refractivity contribution is -0.140. The molecular weight excluding hydrogens is 274 g/mol. The van der Waals surface area contributed by atoms with E-state index < -0.39 is 17.9 Å². The number of amides is 1. The topological polar surface area (TPSA) is 109 Å². The molecule has 2 aromatic heterocycles. The van der Waals surface area contributed by atoms with Gasteiger partial charge in [-0.25, -0.2) is 14.3 Å². The Labute approximate surface area is 121 Å². The van der Waals surface area contributed by atoms with Crippen LogP contribution in [0.5, 0.6) is 0 Å². The van der Waals surface area contributed by atoms with Crippen LogP contribution in [0.4, 0.5) is 0 Å². The van der Waals surface area contributed by atoms with E-state index in [1.165, 1.54) is 4.52 Å². The molecule has 0 saturated carbocycles. The first-order valence-corrected chi connectivity index (χ1v) is 6.66. The van der Waals surface area contributed by atoms with Gasteiger partial charge in [0.25, 0.3) is 11.7 Å². The Morgan fingerprint density at radius 3 is 2.76 bits per heavy atom. The van der Waals surface area contributed by atoms with Crippen molar-refractivity contribution in [3.63, 3.8) is 0 Å². The van der Waals surface area contributed by atoms with Crippen LogP contribution in [-0.2, 0) is 4.79 Å². The number of fused-ring (bicyclic) bond motifs is 1. The Morgan fingerprint density at radius 1 is 1.48 bits per heavy atom. The second kappa shape index (κ2) is 5.86. The summed E-state index contributed by atoms with van der Waals surface area (Å²) < 4.78 is 1.44. The molecule has 21 heavy (non-hydrogen) atoms. The minimum Gasteiger partial charge on any atom is -0.480 e. The third kappa shape index (κ3) is 2.99. The normalized spacial score (nSPS) is 13.9. The number of carboxylic acids is 1. The SMILES string of the molecule is CC[C@H](C)[C@H](NC(=O)c1nc2nccc(C)n2n1)C(=O)O. The van der Waals surface area contributed by atoms with E-state index in [1.54, 1.807) is 19.2 Å². The third-order valence-corrected chi connectivity index (χ3v) is 3.40. The molecule has 0 saturated heterocycles. The highest BCUT2D eigenvalue weighted by Gasteiger charge is 2.27. The van der Waals surface area contributed by atoms with Crippen molar-refractivity contribution >= 4 is 17.7 Å². The summed E-state index contributed by atoms with van der Waals surface area (Å²) in [5, 5.41) is 15.7. The molecule has 0 spiro atoms. The van der Waals surface area contributed by atoms with Crippen molar-refractivity contribution < 1.29 is 14.7 Å². The number of nitrogens with one attached hydrogen (secondary N) is 1. The van der Waals surface area contributed by atoms with Gasteiger partial charge in [-0.1, -0.05) is 20.3 Å². The number of hydrogen-bond acceptors (Lipinski definition) is 5. The van der Waals surface area contributed by atoms with E-state index in [2.05, 4.69) is 20.4 Å². The Bertz CT molecular complexity index is 681. The largest absolute Gasteiger partial charge is 0.480 e. The lowest BCUT2D eigenvalue weighted by Gasteiger charge is -2.19. The minimum atomic E-state index is -1.07. The minimum absolute atomic E-state index is 0.0913. The first kappa shape index (κ1) is 14.9. The van der Waals surface area contributed by atoms with Crippen molar-refractivity contribution in [2.24, 2.45) is 5.92 Å². The predicted octanol–water partition coefficient (Wildman–Crippen LogP) is 0.662. The van der Waals surface area contributed by atoms with Gasteiger partial charge in [-0.15, -0.1) is 5.10 Å². The molecule has 2 heterocycles. The molecule has 1 amide bonds. The van der Waals surface area contributed by atoms with E-state index in [1.807, 2.05) is 13.8 Å². The molecule has 8 heteroatoms. The van der Waals surface area contributed by atoms with Gasteiger partial charge in [-0.05, 0) is 18.9 Å². The molecule has 0 bridgehead atoms. The molecule has 0 aliphatic carbocycles. The fourth-order valence-corrected chi connectivity index (χ4v) is 1.89. The quantitative estimate of drug-likeness (QED) is 0.837. The molecular formula is C13H17N5O3. The van der Waals surface area contributed by atoms with Gasteiger partial charge >= 0.3 is 5.97 Å². The summed E-state index contributed by atoms with van der Waals surface area (Å²) in [6, 6.07) is 0.769. The lowest BCUT2D eigenvalue weighted by Crippen LogP contribution is -2.45. The van der Waals surface area contributed by atoms with Crippen LogP contribution in [0.2, 0.25) is 0 Å². The summed E-state index contributed by atoms with van der Waals surface area (Å²) in [5.74, 6) is -1.67. The first-order chi connectivity index (χ1) is 9.93. The van der Waals surface area contributed by atoms with E-state index in [0.717, 1.165) is 5.69 Å². The number of hydrogen-bond donors (Lipinski definition) is 2. The van der Waals surface area contributed by atoms with Gasteiger partial charge in [-0.3, -0.25) is 4.79 Å². The predicted molar refractivity (Wildman–Crippen MR) is 73.9 cm³/mol. The number of aromatic nitrogens is 4. The summed E-state index contributed by atoms with van der Waals surface area (Å²) in [4.78, 5) is 31.4. The average molecular weight is 291 g/mol. The van der Waals surface area contributed by atoms with E-state index in [4.69, 9.17) is 0 Å². The maximum Gasteiger partial charge on any atom is 0.326 e. The molecule has 0 radical (unpaired) electrons. The van der Waals surface area contributed by atoms with Crippen LogP contribution in [0.3, 0.4) is 0 Å². The van der Waals surface area contributed by atoms with Gasteiger partial charge in [-0.2, -0.15) is 4.98 Å². The number of carbonyl (C=O) groups excluding carboxylic acids is 1. The molecule has 2 atom stereocenters. The second-order valence-corrected chi connectivity index (χ2v) is 4.91. The molecule has 0 fully saturated rings. The van der Waals surface area contributed by atoms with Crippen LogP contribution in [0.1, 0.15) is 36.6 Å². The van der Waals surface area contributed by atoms with Crippen LogP contribution >= 0.6 is 0 Å². The fraction of sp³-hybridized carbons (Fsp3) is 0.462. The van der Waals surface area contributed by atoms with E-state index in [9.17, 15) is 14.7 Å². The Hall–Kier alpha value is -2.51. The van der Waals surface area contributed by atoms with E-state index >= 15 is 0 Å². The summed E-state index contributed by atoms with van der Waals surface area (Å²) in [7, 11) is 0. The van der Waals surface area contributed by atoms with Gasteiger partial charge in [0.05, 0.1) is 0 Å². The number of rotatable bonds is 5. The molecule has 2 N–H and O–H groups in total. The van der Waals surface area contributed by atoms with E-state index in [0.29, 0.717) is 12.2 Å². The molecule has 2 rings (SSSR count). The summed E-state index contributed by atoms with van der Waals surface area (Å²) in [5.41, 5.74) is 0.781. The van der Waals surface area contributed by atoms with Crippen molar-refractivity contribution in [1.29, 1.82) is 0 Å². The van der Waals surface area contributed by atoms with Crippen molar-refractivity contribution in [3.8, 4) is 0 Å². The number of carbonyl (C=O) groups is 2. The fourth-order valence-electron chi connectivity index (χ4n) is 1.89. The average Bonchev–Trinajstić information content (AvgIpc) is 2.89. The van der Waals surface area contributed by atoms with Crippen LogP contribution in [0.15, 0.2) is 12.3 Å². The van der Waals surface area contributed by atoms with Gasteiger partial charge in [0.15, 0.2) is 0 Å². The Kier molecular flexibility index (Phi) is 4.15. The Balaban J connectivity index is 2.25. The van der Waals surface area contributed by atoms with E-state index in [-0.39, 0.29) is 11.7 Å². The molecule has 0 aliphatic rings. The highest BCUT2D eigenvalue weighted by molar-refractivity contribution is 5.93.